The molecule has 1 fully saturated rings. The van der Waals surface area contributed by atoms with Crippen molar-refractivity contribution in [1.29, 1.82) is 0 Å². The third kappa shape index (κ3) is 3.47. The minimum atomic E-state index is -1.02. The summed E-state index contributed by atoms with van der Waals surface area (Å²) in [4.78, 5) is 39.3. The number of amides is 1. The smallest absolute Gasteiger partial charge is 0.337 e. The zero-order valence-electron chi connectivity index (χ0n) is 18.0. The molecule has 1 atom stereocenters. The van der Waals surface area contributed by atoms with Gasteiger partial charge in [0.15, 0.2) is 11.5 Å². The number of anilines is 1. The van der Waals surface area contributed by atoms with Crippen LogP contribution in [0, 0.1) is 0 Å². The van der Waals surface area contributed by atoms with Crippen LogP contribution >= 0.6 is 0 Å². The lowest BCUT2D eigenvalue weighted by atomic mass is 9.99. The van der Waals surface area contributed by atoms with Gasteiger partial charge in [0.2, 0.25) is 0 Å². The first-order valence-electron chi connectivity index (χ1n) is 10.4. The number of furan rings is 1. The maximum Gasteiger partial charge on any atom is 0.337 e. The SMILES string of the molecule is COC(=O)c1ccc(N2C(=O)C(=O)/C(=C(\O)c3ccc4c(c3)OCCO4)C2c2ccco2)cc1. The van der Waals surface area contributed by atoms with Crippen LogP contribution in [0.4, 0.5) is 5.69 Å². The van der Waals surface area contributed by atoms with Crippen LogP contribution in [0.5, 0.6) is 11.5 Å². The number of ketones is 1. The minimum absolute atomic E-state index is 0.131. The van der Waals surface area contributed by atoms with Crippen molar-refractivity contribution >= 4 is 29.1 Å². The number of esters is 1. The predicted octanol–water partition coefficient (Wildman–Crippen LogP) is 3.46. The highest BCUT2D eigenvalue weighted by molar-refractivity contribution is 6.51. The Morgan fingerprint density at radius 3 is 2.38 bits per heavy atom. The molecule has 9 heteroatoms. The van der Waals surface area contributed by atoms with Crippen LogP contribution < -0.4 is 14.4 Å². The molecule has 0 bridgehead atoms. The number of rotatable bonds is 4. The maximum absolute atomic E-state index is 13.1. The van der Waals surface area contributed by atoms with Crippen LogP contribution in [-0.4, -0.2) is 43.1 Å². The van der Waals surface area contributed by atoms with Gasteiger partial charge in [-0.15, -0.1) is 0 Å². The zero-order chi connectivity index (χ0) is 23.8. The van der Waals surface area contributed by atoms with Gasteiger partial charge in [-0.2, -0.15) is 0 Å². The third-order valence-corrected chi connectivity index (χ3v) is 5.64. The molecule has 3 aromatic rings. The Bertz CT molecular complexity index is 1310. The fourth-order valence-electron chi connectivity index (χ4n) is 4.04. The van der Waals surface area contributed by atoms with Gasteiger partial charge in [-0.1, -0.05) is 0 Å². The maximum atomic E-state index is 13.1. The molecule has 0 saturated carbocycles. The van der Waals surface area contributed by atoms with Crippen LogP contribution in [0.2, 0.25) is 0 Å². The van der Waals surface area contributed by atoms with E-state index in [2.05, 4.69) is 0 Å². The monoisotopic (exact) mass is 461 g/mol. The Morgan fingerprint density at radius 2 is 1.71 bits per heavy atom. The van der Waals surface area contributed by atoms with Gasteiger partial charge in [-0.25, -0.2) is 4.79 Å². The van der Waals surface area contributed by atoms with Crippen LogP contribution in [0.1, 0.15) is 27.7 Å². The molecule has 172 valence electrons. The Labute approximate surface area is 193 Å². The Morgan fingerprint density at radius 1 is 1.00 bits per heavy atom. The molecule has 1 aromatic heterocycles. The van der Waals surface area contributed by atoms with E-state index >= 15 is 0 Å². The molecule has 5 rings (SSSR count). The fourth-order valence-corrected chi connectivity index (χ4v) is 4.04. The molecule has 2 aliphatic heterocycles. The van der Waals surface area contributed by atoms with Gasteiger partial charge in [0, 0.05) is 11.3 Å². The van der Waals surface area contributed by atoms with Crippen molar-refractivity contribution in [3.63, 3.8) is 0 Å². The average molecular weight is 461 g/mol. The number of Topliss-reactive ketones (excluding diaryl/α,β-unsaturated/α-hetero) is 1. The van der Waals surface area contributed by atoms with Gasteiger partial charge < -0.3 is 23.7 Å². The molecular weight excluding hydrogens is 442 g/mol. The van der Waals surface area contributed by atoms with Crippen molar-refractivity contribution in [2.24, 2.45) is 0 Å². The number of methoxy groups -OCH3 is 1. The third-order valence-electron chi connectivity index (χ3n) is 5.64. The number of fused-ring (bicyclic) bond motifs is 1. The molecule has 34 heavy (non-hydrogen) atoms. The summed E-state index contributed by atoms with van der Waals surface area (Å²) in [6, 6.07) is 13.0. The highest BCUT2D eigenvalue weighted by Gasteiger charge is 2.48. The van der Waals surface area contributed by atoms with Crippen molar-refractivity contribution < 1.29 is 38.1 Å². The molecule has 1 saturated heterocycles. The fraction of sp³-hybridized carbons (Fsp3) is 0.160. The first-order valence-corrected chi connectivity index (χ1v) is 10.4. The molecule has 1 amide bonds. The first kappa shape index (κ1) is 21.3. The molecule has 1 unspecified atom stereocenters. The van der Waals surface area contributed by atoms with Gasteiger partial charge in [-0.05, 0) is 54.6 Å². The van der Waals surface area contributed by atoms with E-state index in [4.69, 9.17) is 18.6 Å². The minimum Gasteiger partial charge on any atom is -0.507 e. The van der Waals surface area contributed by atoms with Gasteiger partial charge in [0.1, 0.15) is 30.8 Å². The second-order valence-corrected chi connectivity index (χ2v) is 7.58. The van der Waals surface area contributed by atoms with E-state index in [1.807, 2.05) is 0 Å². The number of benzene rings is 2. The average Bonchev–Trinajstić information content (AvgIpc) is 3.50. The molecule has 0 aliphatic carbocycles. The molecule has 9 nitrogen and oxygen atoms in total. The number of carbonyl (C=O) groups excluding carboxylic acids is 3. The number of ether oxygens (including phenoxy) is 3. The summed E-state index contributed by atoms with van der Waals surface area (Å²) in [5.41, 5.74) is 0.791. The summed E-state index contributed by atoms with van der Waals surface area (Å²) in [6.45, 7) is 0.770. The summed E-state index contributed by atoms with van der Waals surface area (Å²) in [7, 11) is 1.27. The standard InChI is InChI=1S/C25H19NO8/c1-31-25(30)14-4-7-16(8-5-14)26-21(18-3-2-10-32-18)20(23(28)24(26)29)22(27)15-6-9-17-19(13-15)34-12-11-33-17/h2-10,13,21,27H,11-12H2,1H3/b22-20-. The van der Waals surface area contributed by atoms with Crippen molar-refractivity contribution in [2.45, 2.75) is 6.04 Å². The molecule has 0 radical (unpaired) electrons. The Kier molecular flexibility index (Phi) is 5.29. The van der Waals surface area contributed by atoms with Crippen LogP contribution in [0.3, 0.4) is 0 Å². The van der Waals surface area contributed by atoms with Crippen molar-refractivity contribution in [1.82, 2.24) is 0 Å². The van der Waals surface area contributed by atoms with Gasteiger partial charge in [0.25, 0.3) is 11.7 Å². The lowest BCUT2D eigenvalue weighted by molar-refractivity contribution is -0.132. The number of hydrogen-bond donors (Lipinski definition) is 1. The quantitative estimate of drug-likeness (QED) is 0.272. The van der Waals surface area contributed by atoms with E-state index in [1.54, 1.807) is 30.3 Å². The lowest BCUT2D eigenvalue weighted by Gasteiger charge is -2.23. The van der Waals surface area contributed by atoms with Crippen LogP contribution in [-0.2, 0) is 14.3 Å². The summed E-state index contributed by atoms with van der Waals surface area (Å²) in [5.74, 6) is -1.37. The molecule has 2 aliphatic rings. The number of nitrogens with zero attached hydrogens (tertiary/aromatic N) is 1. The highest BCUT2D eigenvalue weighted by atomic mass is 16.6. The van der Waals surface area contributed by atoms with Crippen LogP contribution in [0.15, 0.2) is 70.9 Å². The number of aliphatic hydroxyl groups excluding tert-OH is 1. The van der Waals surface area contributed by atoms with E-state index in [1.165, 1.54) is 42.5 Å². The Balaban J connectivity index is 1.62. The molecule has 2 aromatic carbocycles. The van der Waals surface area contributed by atoms with E-state index in [9.17, 15) is 19.5 Å². The van der Waals surface area contributed by atoms with Crippen LogP contribution in [0.25, 0.3) is 5.76 Å². The number of hydrogen-bond acceptors (Lipinski definition) is 8. The summed E-state index contributed by atoms with van der Waals surface area (Å²) in [5, 5.41) is 11.2. The van der Waals surface area contributed by atoms with E-state index in [0.717, 1.165) is 0 Å². The number of aliphatic hydroxyl groups is 1. The number of carbonyl (C=O) groups is 3. The molecule has 0 spiro atoms. The molecule has 3 heterocycles. The zero-order valence-corrected chi connectivity index (χ0v) is 18.0. The normalized spacial score (nSPS) is 18.7. The van der Waals surface area contributed by atoms with E-state index in [0.29, 0.717) is 36.0 Å². The summed E-state index contributed by atoms with van der Waals surface area (Å²) in [6.07, 6.45) is 1.42. The highest BCUT2D eigenvalue weighted by Crippen LogP contribution is 2.43. The summed E-state index contributed by atoms with van der Waals surface area (Å²) >= 11 is 0. The largest absolute Gasteiger partial charge is 0.507 e. The van der Waals surface area contributed by atoms with Crippen molar-refractivity contribution in [2.75, 3.05) is 25.2 Å². The topological polar surface area (TPSA) is 116 Å². The van der Waals surface area contributed by atoms with Gasteiger partial charge >= 0.3 is 5.97 Å². The molecule has 1 N–H and O–H groups in total. The second-order valence-electron chi connectivity index (χ2n) is 7.58. The van der Waals surface area contributed by atoms with E-state index < -0.39 is 23.7 Å². The molecular formula is C25H19NO8. The predicted molar refractivity (Wildman–Crippen MR) is 119 cm³/mol. The van der Waals surface area contributed by atoms with E-state index in [-0.39, 0.29) is 22.7 Å². The summed E-state index contributed by atoms with van der Waals surface area (Å²) < 4.78 is 21.3. The van der Waals surface area contributed by atoms with Gasteiger partial charge in [0.05, 0.1) is 24.5 Å². The lowest BCUT2D eigenvalue weighted by Crippen LogP contribution is -2.29. The van der Waals surface area contributed by atoms with Gasteiger partial charge in [-0.3, -0.25) is 14.5 Å². The van der Waals surface area contributed by atoms with Crippen molar-refractivity contribution in [3.05, 3.63) is 83.3 Å². The van der Waals surface area contributed by atoms with Crippen molar-refractivity contribution in [3.8, 4) is 11.5 Å². The Hall–Kier alpha value is -4.53. The first-order chi connectivity index (χ1) is 16.5. The second kappa shape index (κ2) is 8.43.